The van der Waals surface area contributed by atoms with Gasteiger partial charge in [0.05, 0.1) is 5.56 Å². The van der Waals surface area contributed by atoms with E-state index in [1.807, 2.05) is 0 Å². The molecule has 0 fully saturated rings. The average Bonchev–Trinajstić information content (AvgIpc) is 2.70. The van der Waals surface area contributed by atoms with Crippen molar-refractivity contribution in [2.24, 2.45) is 0 Å². The molecule has 1 heterocycles. The van der Waals surface area contributed by atoms with E-state index in [0.717, 1.165) is 12.1 Å². The molecule has 0 saturated heterocycles. The molecule has 3 aromatic rings. The fourth-order valence-corrected chi connectivity index (χ4v) is 2.59. The molecule has 0 bridgehead atoms. The van der Waals surface area contributed by atoms with Crippen LogP contribution in [0.1, 0.15) is 32.0 Å². The monoisotopic (exact) mass is 415 g/mol. The molecule has 6 nitrogen and oxygen atoms in total. The second-order valence-corrected chi connectivity index (χ2v) is 6.39. The quantitative estimate of drug-likeness (QED) is 0.580. The van der Waals surface area contributed by atoms with E-state index in [0.29, 0.717) is 11.3 Å². The number of benzene rings is 2. The molecule has 2 amide bonds. The van der Waals surface area contributed by atoms with Crippen LogP contribution in [0.2, 0.25) is 0 Å². The highest BCUT2D eigenvalue weighted by Gasteiger charge is 2.30. The van der Waals surface area contributed by atoms with E-state index >= 15 is 0 Å². The first-order chi connectivity index (χ1) is 14.1. The molecule has 0 aliphatic heterocycles. The van der Waals surface area contributed by atoms with Crippen LogP contribution in [-0.4, -0.2) is 21.9 Å². The number of aryl methyl sites for hydroxylation is 1. The number of halogens is 3. The van der Waals surface area contributed by atoms with Gasteiger partial charge >= 0.3 is 6.18 Å². The van der Waals surface area contributed by atoms with Crippen molar-refractivity contribution in [1.82, 2.24) is 4.98 Å². The summed E-state index contributed by atoms with van der Waals surface area (Å²) < 4.78 is 38.3. The minimum atomic E-state index is -4.51. The van der Waals surface area contributed by atoms with E-state index in [2.05, 4.69) is 15.6 Å². The van der Waals surface area contributed by atoms with Gasteiger partial charge in [-0.3, -0.25) is 9.59 Å². The van der Waals surface area contributed by atoms with Crippen LogP contribution in [0.3, 0.4) is 0 Å². The van der Waals surface area contributed by atoms with Gasteiger partial charge in [-0.05, 0) is 61.0 Å². The van der Waals surface area contributed by atoms with Gasteiger partial charge in [0.2, 0.25) is 0 Å². The first kappa shape index (κ1) is 20.8. The van der Waals surface area contributed by atoms with Gasteiger partial charge in [-0.15, -0.1) is 0 Å². The van der Waals surface area contributed by atoms with Crippen LogP contribution in [0, 0.1) is 6.92 Å². The topological polar surface area (TPSA) is 91.3 Å². The predicted octanol–water partition coefficient (Wildman–Crippen LogP) is 4.62. The van der Waals surface area contributed by atoms with Gasteiger partial charge in [-0.2, -0.15) is 13.2 Å². The second-order valence-electron chi connectivity index (χ2n) is 6.39. The Hall–Kier alpha value is -3.88. The van der Waals surface area contributed by atoms with Crippen molar-refractivity contribution in [3.05, 3.63) is 83.2 Å². The maximum atomic E-state index is 12.8. The number of nitrogens with one attached hydrogen (secondary N) is 2. The first-order valence-corrected chi connectivity index (χ1v) is 8.70. The summed E-state index contributed by atoms with van der Waals surface area (Å²) in [5, 5.41) is 14.9. The standard InChI is InChI=1S/C21H16F3N3O3/c1-12-9-10-25-17(18(12)28)20(30)26-15-7-5-13(6-8-15)19(29)27-16-4-2-3-14(11-16)21(22,23)24/h2-11,28H,1H3,(H,26,30)(H,27,29). The Morgan fingerprint density at radius 3 is 2.27 bits per heavy atom. The molecular weight excluding hydrogens is 399 g/mol. The lowest BCUT2D eigenvalue weighted by atomic mass is 10.1. The maximum Gasteiger partial charge on any atom is 0.416 e. The van der Waals surface area contributed by atoms with Crippen molar-refractivity contribution in [1.29, 1.82) is 0 Å². The van der Waals surface area contributed by atoms with Gasteiger partial charge in [-0.1, -0.05) is 6.07 Å². The molecule has 0 saturated carbocycles. The van der Waals surface area contributed by atoms with Crippen LogP contribution in [0.4, 0.5) is 24.5 Å². The third kappa shape index (κ3) is 4.75. The summed E-state index contributed by atoms with van der Waals surface area (Å²) in [5.74, 6) is -1.46. The summed E-state index contributed by atoms with van der Waals surface area (Å²) in [7, 11) is 0. The van der Waals surface area contributed by atoms with Crippen molar-refractivity contribution < 1.29 is 27.9 Å². The van der Waals surface area contributed by atoms with Crippen LogP contribution >= 0.6 is 0 Å². The molecule has 0 aliphatic rings. The highest BCUT2D eigenvalue weighted by atomic mass is 19.4. The molecule has 1 aromatic heterocycles. The summed E-state index contributed by atoms with van der Waals surface area (Å²) in [5.41, 5.74) is 0.0259. The highest BCUT2D eigenvalue weighted by molar-refractivity contribution is 6.06. The van der Waals surface area contributed by atoms with Gasteiger partial charge in [0.25, 0.3) is 11.8 Å². The van der Waals surface area contributed by atoms with Crippen molar-refractivity contribution in [3.63, 3.8) is 0 Å². The van der Waals surface area contributed by atoms with E-state index in [9.17, 15) is 27.9 Å². The van der Waals surface area contributed by atoms with Crippen molar-refractivity contribution >= 4 is 23.2 Å². The van der Waals surface area contributed by atoms with Gasteiger partial charge in [-0.25, -0.2) is 4.98 Å². The lowest BCUT2D eigenvalue weighted by Crippen LogP contribution is -2.15. The number of nitrogens with zero attached hydrogens (tertiary/aromatic N) is 1. The Labute approximate surface area is 169 Å². The predicted molar refractivity (Wildman–Crippen MR) is 104 cm³/mol. The van der Waals surface area contributed by atoms with Crippen LogP contribution in [0.25, 0.3) is 0 Å². The molecule has 3 N–H and O–H groups in total. The fourth-order valence-electron chi connectivity index (χ4n) is 2.59. The maximum absolute atomic E-state index is 12.8. The minimum Gasteiger partial charge on any atom is -0.505 e. The van der Waals surface area contributed by atoms with E-state index < -0.39 is 23.6 Å². The van der Waals surface area contributed by atoms with Gasteiger partial charge in [0.1, 0.15) is 5.75 Å². The van der Waals surface area contributed by atoms with Crippen LogP contribution in [0.5, 0.6) is 5.75 Å². The minimum absolute atomic E-state index is 0.00759. The summed E-state index contributed by atoms with van der Waals surface area (Å²) in [4.78, 5) is 28.4. The number of hydrogen-bond acceptors (Lipinski definition) is 4. The zero-order chi connectivity index (χ0) is 21.9. The molecule has 0 atom stereocenters. The molecule has 2 aromatic carbocycles. The number of amides is 2. The lowest BCUT2D eigenvalue weighted by molar-refractivity contribution is -0.137. The second kappa shape index (κ2) is 8.24. The number of pyridine rings is 1. The normalized spacial score (nSPS) is 11.1. The zero-order valence-corrected chi connectivity index (χ0v) is 15.6. The number of anilines is 2. The van der Waals surface area contributed by atoms with Crippen LogP contribution in [-0.2, 0) is 6.18 Å². The summed E-state index contributed by atoms with van der Waals surface area (Å²) >= 11 is 0. The fraction of sp³-hybridized carbons (Fsp3) is 0.0952. The highest BCUT2D eigenvalue weighted by Crippen LogP contribution is 2.30. The van der Waals surface area contributed by atoms with Crippen molar-refractivity contribution in [3.8, 4) is 5.75 Å². The number of hydrogen-bond donors (Lipinski definition) is 3. The molecule has 0 aliphatic carbocycles. The summed E-state index contributed by atoms with van der Waals surface area (Å²) in [6.45, 7) is 1.63. The number of carbonyl (C=O) groups is 2. The largest absolute Gasteiger partial charge is 0.505 e. The third-order valence-corrected chi connectivity index (χ3v) is 4.19. The molecule has 0 spiro atoms. The van der Waals surface area contributed by atoms with E-state index in [1.165, 1.54) is 42.6 Å². The lowest BCUT2D eigenvalue weighted by Gasteiger charge is -2.10. The number of aromatic hydroxyl groups is 1. The van der Waals surface area contributed by atoms with Crippen LogP contribution in [0.15, 0.2) is 60.8 Å². The number of rotatable bonds is 4. The summed E-state index contributed by atoms with van der Waals surface area (Å²) in [6.07, 6.45) is -3.12. The van der Waals surface area contributed by atoms with Gasteiger partial charge < -0.3 is 15.7 Å². The van der Waals surface area contributed by atoms with Crippen LogP contribution < -0.4 is 10.6 Å². The third-order valence-electron chi connectivity index (χ3n) is 4.19. The Kier molecular flexibility index (Phi) is 5.72. The smallest absolute Gasteiger partial charge is 0.416 e. The van der Waals surface area contributed by atoms with Crippen molar-refractivity contribution in [2.75, 3.05) is 10.6 Å². The Morgan fingerprint density at radius 2 is 1.60 bits per heavy atom. The summed E-state index contributed by atoms with van der Waals surface area (Å²) in [6, 6.07) is 11.6. The molecule has 9 heteroatoms. The molecule has 30 heavy (non-hydrogen) atoms. The zero-order valence-electron chi connectivity index (χ0n) is 15.6. The van der Waals surface area contributed by atoms with Gasteiger partial charge in [0, 0.05) is 23.1 Å². The van der Waals surface area contributed by atoms with E-state index in [1.54, 1.807) is 13.0 Å². The number of aromatic nitrogens is 1. The number of carbonyl (C=O) groups excluding carboxylic acids is 2. The van der Waals surface area contributed by atoms with Crippen molar-refractivity contribution in [2.45, 2.75) is 13.1 Å². The molecule has 154 valence electrons. The Balaban J connectivity index is 1.69. The number of alkyl halides is 3. The first-order valence-electron chi connectivity index (χ1n) is 8.70. The van der Waals surface area contributed by atoms with Gasteiger partial charge in [0.15, 0.2) is 5.69 Å². The molecular formula is C21H16F3N3O3. The Bertz CT molecular complexity index is 1100. The Morgan fingerprint density at radius 1 is 0.933 bits per heavy atom. The molecule has 3 rings (SSSR count). The van der Waals surface area contributed by atoms with E-state index in [-0.39, 0.29) is 22.7 Å². The molecule has 0 unspecified atom stereocenters. The van der Waals surface area contributed by atoms with E-state index in [4.69, 9.17) is 0 Å². The average molecular weight is 415 g/mol. The molecule has 0 radical (unpaired) electrons. The SMILES string of the molecule is Cc1ccnc(C(=O)Nc2ccc(C(=O)Nc3cccc(C(F)(F)F)c3)cc2)c1O.